The maximum Gasteiger partial charge on any atom is 0.220 e. The third kappa shape index (κ3) is 6.35. The molecule has 1 amide bonds. The van der Waals surface area contributed by atoms with Gasteiger partial charge in [0.25, 0.3) is 0 Å². The van der Waals surface area contributed by atoms with Gasteiger partial charge in [-0.1, -0.05) is 24.3 Å². The van der Waals surface area contributed by atoms with Crippen LogP contribution in [0, 0.1) is 5.92 Å². The van der Waals surface area contributed by atoms with Crippen molar-refractivity contribution in [3.63, 3.8) is 0 Å². The lowest BCUT2D eigenvalue weighted by Crippen LogP contribution is -2.39. The molecule has 32 heavy (non-hydrogen) atoms. The van der Waals surface area contributed by atoms with Crippen molar-refractivity contribution >= 4 is 17.7 Å². The molecule has 2 aromatic rings. The van der Waals surface area contributed by atoms with Crippen LogP contribution in [0.15, 0.2) is 47.6 Å². The minimum Gasteiger partial charge on any atom is -0.496 e. The van der Waals surface area contributed by atoms with Crippen molar-refractivity contribution in [2.75, 3.05) is 38.2 Å². The Hall–Kier alpha value is -3.29. The van der Waals surface area contributed by atoms with Crippen LogP contribution in [0.25, 0.3) is 0 Å². The fraction of sp³-hybridized carbons (Fsp3) is 0.458. The number of rotatable bonds is 9. The highest BCUT2D eigenvalue weighted by molar-refractivity contribution is 5.80. The largest absolute Gasteiger partial charge is 0.496 e. The minimum absolute atomic E-state index is 0.0378. The van der Waals surface area contributed by atoms with Gasteiger partial charge in [0.2, 0.25) is 5.91 Å². The topological polar surface area (TPSA) is 105 Å². The molecule has 0 bridgehead atoms. The zero-order chi connectivity index (χ0) is 22.8. The van der Waals surface area contributed by atoms with Crippen LogP contribution in [-0.4, -0.2) is 50.1 Å². The second kappa shape index (κ2) is 11.9. The summed E-state index contributed by atoms with van der Waals surface area (Å²) in [4.78, 5) is 23.1. The number of guanidine groups is 1. The maximum atomic E-state index is 11.5. The summed E-state index contributed by atoms with van der Waals surface area (Å²) in [5.74, 6) is 2.36. The van der Waals surface area contributed by atoms with E-state index in [0.717, 1.165) is 74.1 Å². The molecule has 1 aromatic heterocycles. The third-order valence-electron chi connectivity index (χ3n) is 5.70. The molecule has 1 saturated heterocycles. The lowest BCUT2D eigenvalue weighted by atomic mass is 9.96. The van der Waals surface area contributed by atoms with Crippen molar-refractivity contribution < 1.29 is 9.53 Å². The molecule has 0 aliphatic carbocycles. The van der Waals surface area contributed by atoms with E-state index in [4.69, 9.17) is 15.5 Å². The van der Waals surface area contributed by atoms with E-state index in [0.29, 0.717) is 6.54 Å². The Bertz CT molecular complexity index is 909. The molecule has 4 N–H and O–H groups in total. The van der Waals surface area contributed by atoms with Gasteiger partial charge < -0.3 is 26.0 Å². The standard InChI is InChI=1S/C24H34N6O2/c1-3-26-24(28-14-10-18-7-4-5-9-21(18)32-2)29-17-20-8-6-13-27-23(20)30-15-11-19(12-16-30)22(25)31/h4-9,13,19H,3,10-12,14-17H2,1-2H3,(H2,25,31)(H2,26,28,29). The third-order valence-corrected chi connectivity index (χ3v) is 5.70. The van der Waals surface area contributed by atoms with Crippen LogP contribution in [0.1, 0.15) is 30.9 Å². The SMILES string of the molecule is CCNC(=NCc1cccnc1N1CCC(C(N)=O)CC1)NCCc1ccccc1OC. The van der Waals surface area contributed by atoms with Gasteiger partial charge in [0.05, 0.1) is 13.7 Å². The van der Waals surface area contributed by atoms with Crippen LogP contribution < -0.4 is 26.0 Å². The van der Waals surface area contributed by atoms with Crippen molar-refractivity contribution in [2.24, 2.45) is 16.6 Å². The van der Waals surface area contributed by atoms with Crippen LogP contribution >= 0.6 is 0 Å². The average Bonchev–Trinajstić information content (AvgIpc) is 2.83. The molecule has 1 aliphatic rings. The van der Waals surface area contributed by atoms with E-state index < -0.39 is 0 Å². The summed E-state index contributed by atoms with van der Waals surface area (Å²) in [7, 11) is 1.69. The lowest BCUT2D eigenvalue weighted by molar-refractivity contribution is -0.122. The first-order valence-corrected chi connectivity index (χ1v) is 11.2. The van der Waals surface area contributed by atoms with E-state index in [1.807, 2.05) is 24.3 Å². The van der Waals surface area contributed by atoms with E-state index in [-0.39, 0.29) is 11.8 Å². The number of primary amides is 1. The Labute approximate surface area is 190 Å². The number of piperidine rings is 1. The lowest BCUT2D eigenvalue weighted by Gasteiger charge is -2.32. The molecule has 0 saturated carbocycles. The molecule has 0 atom stereocenters. The number of pyridine rings is 1. The van der Waals surface area contributed by atoms with Gasteiger partial charge in [-0.2, -0.15) is 0 Å². The molecule has 0 radical (unpaired) electrons. The zero-order valence-corrected chi connectivity index (χ0v) is 19.0. The van der Waals surface area contributed by atoms with Crippen molar-refractivity contribution in [1.29, 1.82) is 0 Å². The summed E-state index contributed by atoms with van der Waals surface area (Å²) < 4.78 is 5.44. The van der Waals surface area contributed by atoms with Gasteiger partial charge in [0.15, 0.2) is 5.96 Å². The Morgan fingerprint density at radius 3 is 2.66 bits per heavy atom. The predicted octanol–water partition coefficient (Wildman–Crippen LogP) is 2.09. The van der Waals surface area contributed by atoms with Gasteiger partial charge in [-0.3, -0.25) is 4.79 Å². The molecule has 1 aliphatic heterocycles. The number of ether oxygens (including phenoxy) is 1. The van der Waals surface area contributed by atoms with Gasteiger partial charge in [0, 0.05) is 43.9 Å². The number of aromatic nitrogens is 1. The van der Waals surface area contributed by atoms with E-state index in [1.165, 1.54) is 0 Å². The summed E-state index contributed by atoms with van der Waals surface area (Å²) >= 11 is 0. The molecule has 0 spiro atoms. The first kappa shape index (κ1) is 23.4. The van der Waals surface area contributed by atoms with Crippen LogP contribution in [0.4, 0.5) is 5.82 Å². The van der Waals surface area contributed by atoms with Crippen molar-refractivity contribution in [3.05, 3.63) is 53.7 Å². The fourth-order valence-corrected chi connectivity index (χ4v) is 3.95. The predicted molar refractivity (Wildman–Crippen MR) is 128 cm³/mol. The number of amides is 1. The number of anilines is 1. The monoisotopic (exact) mass is 438 g/mol. The Balaban J connectivity index is 1.62. The van der Waals surface area contributed by atoms with Gasteiger partial charge >= 0.3 is 0 Å². The van der Waals surface area contributed by atoms with E-state index in [1.54, 1.807) is 13.3 Å². The number of hydrogen-bond acceptors (Lipinski definition) is 5. The Morgan fingerprint density at radius 1 is 1.19 bits per heavy atom. The van der Waals surface area contributed by atoms with E-state index in [2.05, 4.69) is 39.6 Å². The smallest absolute Gasteiger partial charge is 0.220 e. The highest BCUT2D eigenvalue weighted by Gasteiger charge is 2.24. The van der Waals surface area contributed by atoms with E-state index in [9.17, 15) is 4.79 Å². The molecule has 172 valence electrons. The first-order chi connectivity index (χ1) is 15.6. The highest BCUT2D eigenvalue weighted by Crippen LogP contribution is 2.25. The number of para-hydroxylation sites is 1. The van der Waals surface area contributed by atoms with Gasteiger partial charge in [0.1, 0.15) is 11.6 Å². The number of hydrogen-bond donors (Lipinski definition) is 3. The van der Waals surface area contributed by atoms with Crippen LogP contribution in [0.3, 0.4) is 0 Å². The molecule has 0 unspecified atom stereocenters. The van der Waals surface area contributed by atoms with Crippen molar-refractivity contribution in [2.45, 2.75) is 32.7 Å². The van der Waals surface area contributed by atoms with Crippen molar-refractivity contribution in [1.82, 2.24) is 15.6 Å². The van der Waals surface area contributed by atoms with Gasteiger partial charge in [-0.25, -0.2) is 9.98 Å². The number of benzene rings is 1. The van der Waals surface area contributed by atoms with Gasteiger partial charge in [-0.05, 0) is 43.9 Å². The molecule has 8 heteroatoms. The molecular formula is C24H34N6O2. The number of aliphatic imine (C=N–C) groups is 1. The molecule has 1 fully saturated rings. The Morgan fingerprint density at radius 2 is 1.94 bits per heavy atom. The number of nitrogens with two attached hydrogens (primary N) is 1. The molecule has 8 nitrogen and oxygen atoms in total. The number of methoxy groups -OCH3 is 1. The minimum atomic E-state index is -0.204. The summed E-state index contributed by atoms with van der Waals surface area (Å²) in [6.07, 6.45) is 4.17. The molecule has 1 aromatic carbocycles. The number of nitrogens with one attached hydrogen (secondary N) is 2. The second-order valence-electron chi connectivity index (χ2n) is 7.83. The quantitative estimate of drug-likeness (QED) is 0.409. The van der Waals surface area contributed by atoms with Crippen LogP contribution in [-0.2, 0) is 17.8 Å². The number of nitrogens with zero attached hydrogens (tertiary/aromatic N) is 3. The van der Waals surface area contributed by atoms with Crippen molar-refractivity contribution in [3.8, 4) is 5.75 Å². The second-order valence-corrected chi connectivity index (χ2v) is 7.83. The van der Waals surface area contributed by atoms with Crippen LogP contribution in [0.2, 0.25) is 0 Å². The Kier molecular flexibility index (Phi) is 8.71. The molecule has 3 rings (SSSR count). The average molecular weight is 439 g/mol. The first-order valence-electron chi connectivity index (χ1n) is 11.2. The summed E-state index contributed by atoms with van der Waals surface area (Å²) in [6, 6.07) is 12.0. The van der Waals surface area contributed by atoms with Gasteiger partial charge in [-0.15, -0.1) is 0 Å². The number of carbonyl (C=O) groups is 1. The van der Waals surface area contributed by atoms with E-state index >= 15 is 0 Å². The summed E-state index contributed by atoms with van der Waals surface area (Å²) in [5.41, 5.74) is 7.69. The zero-order valence-electron chi connectivity index (χ0n) is 19.0. The maximum absolute atomic E-state index is 11.5. The van der Waals surface area contributed by atoms with Crippen LogP contribution in [0.5, 0.6) is 5.75 Å². The normalized spacial score (nSPS) is 14.8. The molecule has 2 heterocycles. The summed E-state index contributed by atoms with van der Waals surface area (Å²) in [6.45, 7) is 5.64. The number of carbonyl (C=O) groups excluding carboxylic acids is 1. The fourth-order valence-electron chi connectivity index (χ4n) is 3.95. The summed E-state index contributed by atoms with van der Waals surface area (Å²) in [5, 5.41) is 6.71. The highest BCUT2D eigenvalue weighted by atomic mass is 16.5. The molecular weight excluding hydrogens is 404 g/mol.